The first-order chi connectivity index (χ1) is 10.8. The van der Waals surface area contributed by atoms with Crippen LogP contribution in [0.4, 0.5) is 0 Å². The molecule has 0 aliphatic carbocycles. The summed E-state index contributed by atoms with van der Waals surface area (Å²) in [6, 6.07) is 1.88. The number of carbonyl (C=O) groups excluding carboxylic acids is 2. The van der Waals surface area contributed by atoms with Crippen molar-refractivity contribution >= 4 is 18.5 Å². The van der Waals surface area contributed by atoms with Crippen LogP contribution in [-0.2, 0) is 4.79 Å². The maximum Gasteiger partial charge on any atom is 0.207 e. The summed E-state index contributed by atoms with van der Waals surface area (Å²) in [5.74, 6) is 0.142. The van der Waals surface area contributed by atoms with Crippen molar-refractivity contribution in [1.29, 1.82) is 0 Å². The highest BCUT2D eigenvalue weighted by molar-refractivity contribution is 5.99. The molecule has 1 amide bonds. The molecule has 3 N–H and O–H groups in total. The molecule has 1 aromatic rings. The van der Waals surface area contributed by atoms with E-state index in [-0.39, 0.29) is 11.2 Å². The zero-order valence-electron chi connectivity index (χ0n) is 14.5. The van der Waals surface area contributed by atoms with E-state index < -0.39 is 0 Å². The highest BCUT2D eigenvalue weighted by Gasteiger charge is 2.22. The van der Waals surface area contributed by atoms with Gasteiger partial charge in [0.1, 0.15) is 0 Å². The van der Waals surface area contributed by atoms with Crippen molar-refractivity contribution in [2.45, 2.75) is 40.5 Å². The van der Waals surface area contributed by atoms with Crippen LogP contribution in [0.5, 0.6) is 0 Å². The molecule has 0 bridgehead atoms. The molecule has 0 atom stereocenters. The maximum atomic E-state index is 11.8. The second-order valence-corrected chi connectivity index (χ2v) is 6.16. The summed E-state index contributed by atoms with van der Waals surface area (Å²) in [5.41, 5.74) is 6.41. The molecule has 1 aromatic heterocycles. The molecule has 0 aliphatic rings. The average molecular weight is 320 g/mol. The van der Waals surface area contributed by atoms with E-state index in [9.17, 15) is 9.59 Å². The Morgan fingerprint density at radius 3 is 2.57 bits per heavy atom. The fourth-order valence-electron chi connectivity index (χ4n) is 1.68. The number of nitrogens with two attached hydrogens (primary N) is 1. The number of Topliss-reactive ketones (excluding diaryl/α,β-unsaturated/α-hetero) is 1. The minimum atomic E-state index is -0.324. The lowest BCUT2D eigenvalue weighted by molar-refractivity contribution is -0.109. The zero-order valence-corrected chi connectivity index (χ0v) is 14.5. The van der Waals surface area contributed by atoms with E-state index in [2.05, 4.69) is 15.3 Å². The van der Waals surface area contributed by atoms with Gasteiger partial charge in [0.2, 0.25) is 6.41 Å². The predicted molar refractivity (Wildman–Crippen MR) is 93.6 cm³/mol. The SMILES string of the molecule is Cc1cncc(C(=O)C(C)(C)C)c1.NC=NCCCCNC=O. The van der Waals surface area contributed by atoms with Crippen molar-refractivity contribution in [1.82, 2.24) is 10.3 Å². The van der Waals surface area contributed by atoms with Gasteiger partial charge in [0.05, 0.1) is 6.34 Å². The molecule has 23 heavy (non-hydrogen) atoms. The van der Waals surface area contributed by atoms with Crippen LogP contribution in [0.15, 0.2) is 23.5 Å². The number of hydrogen-bond acceptors (Lipinski definition) is 4. The number of nitrogens with zero attached hydrogens (tertiary/aromatic N) is 2. The van der Waals surface area contributed by atoms with Crippen LogP contribution >= 0.6 is 0 Å². The molecule has 0 radical (unpaired) electrons. The highest BCUT2D eigenvalue weighted by atomic mass is 16.1. The highest BCUT2D eigenvalue weighted by Crippen LogP contribution is 2.20. The third-order valence-electron chi connectivity index (χ3n) is 2.87. The van der Waals surface area contributed by atoms with E-state index in [4.69, 9.17) is 5.73 Å². The molecule has 0 aromatic carbocycles. The van der Waals surface area contributed by atoms with E-state index in [0.717, 1.165) is 31.5 Å². The monoisotopic (exact) mass is 320 g/mol. The quantitative estimate of drug-likeness (QED) is 0.264. The Balaban J connectivity index is 0.000000438. The van der Waals surface area contributed by atoms with Crippen LogP contribution in [-0.4, -0.2) is 36.6 Å². The Morgan fingerprint density at radius 2 is 2.04 bits per heavy atom. The lowest BCUT2D eigenvalue weighted by Crippen LogP contribution is -2.20. The van der Waals surface area contributed by atoms with Crippen molar-refractivity contribution in [2.75, 3.05) is 13.1 Å². The molecule has 0 spiro atoms. The summed E-state index contributed by atoms with van der Waals surface area (Å²) in [4.78, 5) is 29.3. The van der Waals surface area contributed by atoms with Gasteiger partial charge in [-0.05, 0) is 31.4 Å². The number of carbonyl (C=O) groups is 2. The molecule has 0 aliphatic heterocycles. The number of pyridine rings is 1. The number of hydrogen-bond donors (Lipinski definition) is 2. The molecule has 0 saturated carbocycles. The number of aromatic nitrogens is 1. The van der Waals surface area contributed by atoms with Gasteiger partial charge < -0.3 is 11.1 Å². The van der Waals surface area contributed by atoms with Gasteiger partial charge in [-0.25, -0.2) is 0 Å². The van der Waals surface area contributed by atoms with E-state index in [0.29, 0.717) is 12.0 Å². The van der Waals surface area contributed by atoms with E-state index in [1.165, 1.54) is 6.34 Å². The Morgan fingerprint density at radius 1 is 1.35 bits per heavy atom. The Kier molecular flexibility index (Phi) is 10.2. The molecule has 6 nitrogen and oxygen atoms in total. The van der Waals surface area contributed by atoms with Crippen LogP contribution in [0, 0.1) is 12.3 Å². The molecule has 1 heterocycles. The van der Waals surface area contributed by atoms with Crippen molar-refractivity contribution in [3.05, 3.63) is 29.6 Å². The number of nitrogens with one attached hydrogen (secondary N) is 1. The summed E-state index contributed by atoms with van der Waals surface area (Å²) in [7, 11) is 0. The lowest BCUT2D eigenvalue weighted by atomic mass is 9.87. The van der Waals surface area contributed by atoms with Gasteiger partial charge in [-0.2, -0.15) is 0 Å². The van der Waals surface area contributed by atoms with Crippen LogP contribution in [0.3, 0.4) is 0 Å². The Hall–Kier alpha value is -2.24. The molecule has 6 heteroatoms. The summed E-state index contributed by atoms with van der Waals surface area (Å²) < 4.78 is 0. The molecule has 1 rings (SSSR count). The largest absolute Gasteiger partial charge is 0.390 e. The smallest absolute Gasteiger partial charge is 0.207 e. The molecule has 0 saturated heterocycles. The topological polar surface area (TPSA) is 97.4 Å². The summed E-state index contributed by atoms with van der Waals surface area (Å²) in [5, 5.41) is 2.56. The minimum Gasteiger partial charge on any atom is -0.390 e. The summed E-state index contributed by atoms with van der Waals surface area (Å²) in [6.07, 6.45) is 7.30. The molecular weight excluding hydrogens is 292 g/mol. The number of ketones is 1. The second kappa shape index (κ2) is 11.3. The van der Waals surface area contributed by atoms with Gasteiger partial charge in [0, 0.05) is 36.5 Å². The van der Waals surface area contributed by atoms with Gasteiger partial charge >= 0.3 is 0 Å². The zero-order chi connectivity index (χ0) is 17.7. The molecular formula is C17H28N4O2. The third kappa shape index (κ3) is 10.2. The minimum absolute atomic E-state index is 0.142. The van der Waals surface area contributed by atoms with Crippen molar-refractivity contribution in [3.8, 4) is 0 Å². The standard InChI is InChI=1S/C11H15NO.C6H13N3O/c1-8-5-9(7-12-6-8)10(13)11(2,3)4;7-5-8-3-1-2-4-9-6-10/h5-7H,1-4H3;5-6H,1-4H2,(H2,7,8)(H,9,10). The van der Waals surface area contributed by atoms with Crippen LogP contribution in [0.2, 0.25) is 0 Å². The normalized spacial score (nSPS) is 10.8. The van der Waals surface area contributed by atoms with Gasteiger partial charge in [-0.15, -0.1) is 0 Å². The molecule has 0 unspecified atom stereocenters. The van der Waals surface area contributed by atoms with Crippen LogP contribution < -0.4 is 11.1 Å². The Labute approximate surface area is 138 Å². The van der Waals surface area contributed by atoms with Crippen LogP contribution in [0.1, 0.15) is 49.5 Å². The number of unbranched alkanes of at least 4 members (excludes halogenated alkanes) is 1. The van der Waals surface area contributed by atoms with E-state index >= 15 is 0 Å². The first-order valence-corrected chi connectivity index (χ1v) is 7.66. The first-order valence-electron chi connectivity index (χ1n) is 7.66. The van der Waals surface area contributed by atoms with E-state index in [1.807, 2.05) is 33.8 Å². The number of rotatable bonds is 7. The fraction of sp³-hybridized carbons (Fsp3) is 0.529. The fourth-order valence-corrected chi connectivity index (χ4v) is 1.68. The molecule has 0 fully saturated rings. The third-order valence-corrected chi connectivity index (χ3v) is 2.87. The maximum absolute atomic E-state index is 11.8. The van der Waals surface area contributed by atoms with Crippen molar-refractivity contribution in [3.63, 3.8) is 0 Å². The van der Waals surface area contributed by atoms with Crippen LogP contribution in [0.25, 0.3) is 0 Å². The number of amides is 1. The molecule has 128 valence electrons. The average Bonchev–Trinajstić information content (AvgIpc) is 2.50. The summed E-state index contributed by atoms with van der Waals surface area (Å²) >= 11 is 0. The van der Waals surface area contributed by atoms with Gasteiger partial charge in [0.15, 0.2) is 5.78 Å². The van der Waals surface area contributed by atoms with Gasteiger partial charge in [-0.1, -0.05) is 20.8 Å². The number of aliphatic imine (C=N–C) groups is 1. The first kappa shape index (κ1) is 20.8. The van der Waals surface area contributed by atoms with Gasteiger partial charge in [0.25, 0.3) is 0 Å². The predicted octanol–water partition coefficient (Wildman–Crippen LogP) is 2.12. The van der Waals surface area contributed by atoms with Crippen molar-refractivity contribution in [2.24, 2.45) is 16.1 Å². The number of aryl methyl sites for hydroxylation is 1. The second-order valence-electron chi connectivity index (χ2n) is 6.16. The lowest BCUT2D eigenvalue weighted by Gasteiger charge is -2.16. The van der Waals surface area contributed by atoms with Crippen molar-refractivity contribution < 1.29 is 9.59 Å². The summed E-state index contributed by atoms with van der Waals surface area (Å²) in [6.45, 7) is 9.15. The van der Waals surface area contributed by atoms with E-state index in [1.54, 1.807) is 12.4 Å². The Bertz CT molecular complexity index is 508. The van der Waals surface area contributed by atoms with Gasteiger partial charge in [-0.3, -0.25) is 19.6 Å².